The summed E-state index contributed by atoms with van der Waals surface area (Å²) in [7, 11) is 9.37. The molecule has 484 valence electrons. The number of rotatable bonds is 4. The van der Waals surface area contributed by atoms with Gasteiger partial charge in [-0.1, -0.05) is 229 Å². The zero-order valence-electron chi connectivity index (χ0n) is 52.4. The van der Waals surface area contributed by atoms with E-state index in [1.807, 2.05) is 238 Å². The highest BCUT2D eigenvalue weighted by molar-refractivity contribution is 7.22. The Hall–Kier alpha value is -8.37. The van der Waals surface area contributed by atoms with Crippen molar-refractivity contribution in [1.82, 2.24) is 29.7 Å². The van der Waals surface area contributed by atoms with E-state index in [2.05, 4.69) is 83.0 Å². The Balaban J connectivity index is -0.000000295. The zero-order valence-corrected chi connectivity index (χ0v) is 53.3. The van der Waals surface area contributed by atoms with E-state index in [4.69, 9.17) is 4.42 Å². The maximum Gasteiger partial charge on any atom is 0.324 e. The number of imidazole rings is 1. The molecule has 9 aromatic rings. The van der Waals surface area contributed by atoms with Crippen molar-refractivity contribution in [3.63, 3.8) is 0 Å². The third kappa shape index (κ3) is 27.7. The number of anilines is 6. The van der Waals surface area contributed by atoms with Crippen molar-refractivity contribution in [2.75, 3.05) is 85.9 Å². The van der Waals surface area contributed by atoms with Gasteiger partial charge in [0.05, 0.1) is 27.1 Å². The van der Waals surface area contributed by atoms with Crippen LogP contribution in [0.15, 0.2) is 168 Å². The number of urea groups is 1. The van der Waals surface area contributed by atoms with Crippen molar-refractivity contribution in [3.05, 3.63) is 175 Å². The number of aromatic amines is 1. The molecule has 87 heavy (non-hydrogen) atoms. The van der Waals surface area contributed by atoms with Gasteiger partial charge in [0.1, 0.15) is 5.52 Å². The fourth-order valence-corrected chi connectivity index (χ4v) is 8.39. The maximum absolute atomic E-state index is 11.6. The largest absolute Gasteiger partial charge is 0.424 e. The van der Waals surface area contributed by atoms with Crippen molar-refractivity contribution >= 4 is 89.8 Å². The highest BCUT2D eigenvalue weighted by atomic mass is 32.1. The minimum atomic E-state index is 0. The predicted octanol–water partition coefficient (Wildman–Crippen LogP) is 20.3. The molecule has 0 aliphatic carbocycles. The van der Waals surface area contributed by atoms with E-state index >= 15 is 0 Å². The second kappa shape index (κ2) is 50.9. The van der Waals surface area contributed by atoms with Gasteiger partial charge in [-0.25, -0.2) is 14.8 Å². The molecule has 1 fully saturated rings. The lowest BCUT2D eigenvalue weighted by Gasteiger charge is -2.29. The number of aromatic nitrogens is 4. The molecule has 3 aliphatic heterocycles. The van der Waals surface area contributed by atoms with Crippen molar-refractivity contribution in [1.29, 1.82) is 0 Å². The van der Waals surface area contributed by atoms with Crippen LogP contribution in [0, 0.1) is 0 Å². The second-order valence-electron chi connectivity index (χ2n) is 16.2. The average molecular weight is 1220 g/mol. The second-order valence-corrected chi connectivity index (χ2v) is 17.2. The summed E-state index contributed by atoms with van der Waals surface area (Å²) < 4.78 is 6.53. The number of para-hydroxylation sites is 8. The molecular weight excluding hydrogens is 1100 g/mol. The number of oxazole rings is 1. The van der Waals surface area contributed by atoms with Gasteiger partial charge < -0.3 is 45.4 Å². The number of nitrogens with one attached hydrogen (secondary N) is 5. The number of amides is 3. The van der Waals surface area contributed by atoms with E-state index in [-0.39, 0.29) is 49.1 Å². The molecule has 0 spiro atoms. The summed E-state index contributed by atoms with van der Waals surface area (Å²) in [5.74, 6) is 1.92. The molecule has 0 atom stereocenters. The van der Waals surface area contributed by atoms with Gasteiger partial charge in [0.2, 0.25) is 11.9 Å². The van der Waals surface area contributed by atoms with Crippen LogP contribution in [-0.4, -0.2) is 96.5 Å². The number of carbonyl (C=O) groups excluding carboxylic acids is 2. The minimum Gasteiger partial charge on any atom is -0.424 e. The van der Waals surface area contributed by atoms with E-state index in [0.29, 0.717) is 6.01 Å². The first kappa shape index (κ1) is 87.4. The molecule has 0 bridgehead atoms. The van der Waals surface area contributed by atoms with Gasteiger partial charge in [0.25, 0.3) is 6.01 Å². The van der Waals surface area contributed by atoms with Crippen LogP contribution >= 0.6 is 11.3 Å². The smallest absolute Gasteiger partial charge is 0.324 e. The molecule has 6 heterocycles. The summed E-state index contributed by atoms with van der Waals surface area (Å²) in [6, 6.07) is 50.5. The third-order valence-electron chi connectivity index (χ3n) is 11.4. The summed E-state index contributed by atoms with van der Waals surface area (Å²) in [5.41, 5.74) is 10.7. The number of hydrogen-bond acceptors (Lipinski definition) is 12. The van der Waals surface area contributed by atoms with Crippen molar-refractivity contribution in [3.8, 4) is 0 Å². The first-order valence-corrected chi connectivity index (χ1v) is 29.7. The van der Waals surface area contributed by atoms with Gasteiger partial charge in [-0.15, -0.1) is 0 Å². The Morgan fingerprint density at radius 3 is 1.63 bits per heavy atom. The summed E-state index contributed by atoms with van der Waals surface area (Å²) in [6.45, 7) is 32.9. The van der Waals surface area contributed by atoms with Crippen LogP contribution in [0.2, 0.25) is 0 Å². The standard InChI is InChI=1S/C10H12N2O.C10H12N2.C10H11NO.C8H9N3.C8H8N2O.C8H8N2S.6C2H6.5CH4/c1-11-7-8-12(10(11)13)9-5-3-2-4-6-9;1-8-11-10-6-4-3-5-9(10)7-12(8)2;1-8(12)11-7-6-9-4-2-3-5-10(9)11;3*1-9-8-10-6-4-2-3-5-7(6)11-8;6*1-2;;;;;/h2-6H,7-8H2,1H3;3-6,11H,1,7H2,2H3;2-5H,6-7H2,1H3;2-5H,1H3,(H2,9,10,11);2*2-5H,1H3,(H,9,10);6*1-2H3;5*1H4. The zero-order chi connectivity index (χ0) is 61.4. The van der Waals surface area contributed by atoms with Crippen LogP contribution in [0.5, 0.6) is 0 Å². The lowest BCUT2D eigenvalue weighted by Crippen LogP contribution is -2.28. The third-order valence-corrected chi connectivity index (χ3v) is 12.4. The normalized spacial score (nSPS) is 11.0. The highest BCUT2D eigenvalue weighted by Crippen LogP contribution is 2.28. The topological polar surface area (TPSA) is 163 Å². The summed E-state index contributed by atoms with van der Waals surface area (Å²) in [6.07, 6.45) is 0.996. The fraction of sp³-hybridized carbons (Fsp3) is 0.394. The quantitative estimate of drug-likeness (QED) is 0.114. The molecule has 0 saturated carbocycles. The summed E-state index contributed by atoms with van der Waals surface area (Å²) in [4.78, 5) is 46.0. The van der Waals surface area contributed by atoms with Crippen molar-refractivity contribution in [2.24, 2.45) is 0 Å². The van der Waals surface area contributed by atoms with Gasteiger partial charge in [-0.3, -0.25) is 9.69 Å². The van der Waals surface area contributed by atoms with Crippen LogP contribution in [0.3, 0.4) is 0 Å². The van der Waals surface area contributed by atoms with Crippen molar-refractivity contribution < 1.29 is 14.0 Å². The molecule has 3 amide bonds. The van der Waals surface area contributed by atoms with Crippen LogP contribution in [0.4, 0.5) is 39.0 Å². The molecule has 1 saturated heterocycles. The molecular formula is C71H116N12O3S. The number of nitrogens with zero attached hydrogens (tertiary/aromatic N) is 7. The molecule has 3 aromatic heterocycles. The van der Waals surface area contributed by atoms with Crippen LogP contribution in [0.25, 0.3) is 32.3 Å². The van der Waals surface area contributed by atoms with Crippen LogP contribution in [-0.2, 0) is 17.8 Å². The van der Waals surface area contributed by atoms with Crippen LogP contribution < -0.4 is 31.1 Å². The first-order valence-electron chi connectivity index (χ1n) is 28.9. The lowest BCUT2D eigenvalue weighted by molar-refractivity contribution is -0.116. The van der Waals surface area contributed by atoms with E-state index in [1.54, 1.807) is 35.1 Å². The minimum absolute atomic E-state index is 0. The molecule has 0 radical (unpaired) electrons. The van der Waals surface area contributed by atoms with Gasteiger partial charge in [0, 0.05) is 85.4 Å². The van der Waals surface area contributed by atoms with E-state index < -0.39 is 0 Å². The molecule has 12 rings (SSSR count). The van der Waals surface area contributed by atoms with Gasteiger partial charge in [-0.2, -0.15) is 4.98 Å². The Kier molecular flexibility index (Phi) is 51.1. The number of likely N-dealkylation sites (N-methyl/N-ethyl adjacent to an activating group) is 1. The van der Waals surface area contributed by atoms with E-state index in [0.717, 1.165) is 88.5 Å². The Labute approximate surface area is 532 Å². The number of hydrogen-bond donors (Lipinski definition) is 5. The molecule has 3 aliphatic rings. The number of benzene rings is 6. The van der Waals surface area contributed by atoms with Gasteiger partial charge >= 0.3 is 6.03 Å². The highest BCUT2D eigenvalue weighted by Gasteiger charge is 2.26. The van der Waals surface area contributed by atoms with Gasteiger partial charge in [-0.05, 0) is 78.2 Å². The van der Waals surface area contributed by atoms with Crippen molar-refractivity contribution in [2.45, 2.75) is 140 Å². The SMILES string of the molecule is C.C.C.C.C.C=C1Nc2ccccc2CN1C.CC.CC.CC.CC.CC.CC.CC(=O)N1CCc2ccccc21.CN1CCN(c2ccccc2)C1=O.CNc1nc2ccccc2[nH]1.CNc1nc2ccccc2o1.CNc1nc2ccccc2s1. The number of H-pyrrole nitrogens is 1. The predicted molar refractivity (Wildman–Crippen MR) is 391 cm³/mol. The van der Waals surface area contributed by atoms with Crippen LogP contribution in [0.1, 0.15) is 138 Å². The molecule has 15 nitrogen and oxygen atoms in total. The monoisotopic (exact) mass is 1220 g/mol. The maximum atomic E-state index is 11.6. The lowest BCUT2D eigenvalue weighted by atomic mass is 10.1. The Morgan fingerprint density at radius 1 is 0.563 bits per heavy atom. The first-order chi connectivity index (χ1) is 40.0. The number of fused-ring (bicyclic) bond motifs is 5. The molecule has 0 unspecified atom stereocenters. The summed E-state index contributed by atoms with van der Waals surface area (Å²) >= 11 is 1.68. The van der Waals surface area contributed by atoms with E-state index in [9.17, 15) is 9.59 Å². The molecule has 6 aromatic carbocycles. The number of carbonyl (C=O) groups is 2. The Bertz CT molecular complexity index is 2860. The molecule has 5 N–H and O–H groups in total. The summed E-state index contributed by atoms with van der Waals surface area (Å²) in [5, 5.41) is 13.0. The van der Waals surface area contributed by atoms with Gasteiger partial charge in [0.15, 0.2) is 10.7 Å². The Morgan fingerprint density at radius 2 is 1.09 bits per heavy atom. The fourth-order valence-electron chi connectivity index (χ4n) is 7.57. The molecule has 16 heteroatoms. The average Bonchev–Trinajstić information content (AvgIpc) is 4.46. The van der Waals surface area contributed by atoms with E-state index in [1.165, 1.54) is 21.5 Å². The number of thiazole rings is 1.